The van der Waals surface area contributed by atoms with Crippen LogP contribution in [0.25, 0.3) is 0 Å². The molecule has 0 amide bonds. The fourth-order valence-electron chi connectivity index (χ4n) is 4.78. The number of nitrogens with zero attached hydrogens (tertiary/aromatic N) is 1. The molecule has 1 aliphatic heterocycles. The van der Waals surface area contributed by atoms with E-state index >= 15 is 0 Å². The summed E-state index contributed by atoms with van der Waals surface area (Å²) in [6.45, 7) is 4.81. The third kappa shape index (κ3) is 6.48. The lowest BCUT2D eigenvalue weighted by Crippen LogP contribution is -2.58. The number of hydrogen-bond donors (Lipinski definition) is 1. The molecule has 2 N–H and O–H groups in total. The second-order valence-corrected chi connectivity index (χ2v) is 8.51. The molecule has 0 aromatic heterocycles. The lowest BCUT2D eigenvalue weighted by molar-refractivity contribution is -0.933. The standard InChI is InChI=1S/C25H37N2O2/c1-28-24-13-3-8-21(18-24)10-5-15-27(17-7-12-23(26)20-27)16-6-11-22-9-4-14-25(19-22)29-2/h3-4,8-9,13-14,18-19,23H,5-7,10-12,15-17,20,26H2,1-2H3/q+1. The molecule has 1 unspecified atom stereocenters. The van der Waals surface area contributed by atoms with Gasteiger partial charge < -0.3 is 19.7 Å². The number of hydrogen-bond acceptors (Lipinski definition) is 3. The van der Waals surface area contributed by atoms with E-state index in [9.17, 15) is 0 Å². The van der Waals surface area contributed by atoms with Crippen LogP contribution in [0.1, 0.15) is 36.8 Å². The minimum Gasteiger partial charge on any atom is -0.497 e. The number of nitrogens with two attached hydrogens (primary N) is 1. The van der Waals surface area contributed by atoms with Gasteiger partial charge in [0.2, 0.25) is 0 Å². The van der Waals surface area contributed by atoms with Gasteiger partial charge in [0, 0.05) is 12.8 Å². The molecule has 0 aliphatic carbocycles. The summed E-state index contributed by atoms with van der Waals surface area (Å²) >= 11 is 0. The van der Waals surface area contributed by atoms with Crippen molar-refractivity contribution < 1.29 is 14.0 Å². The number of piperidine rings is 1. The van der Waals surface area contributed by atoms with Crippen LogP contribution in [-0.4, -0.2) is 50.9 Å². The topological polar surface area (TPSA) is 44.5 Å². The Morgan fingerprint density at radius 1 is 0.897 bits per heavy atom. The van der Waals surface area contributed by atoms with Crippen LogP contribution in [0.4, 0.5) is 0 Å². The molecule has 1 saturated heterocycles. The average molecular weight is 398 g/mol. The Labute approximate surface area is 176 Å². The molecule has 0 bridgehead atoms. The van der Waals surface area contributed by atoms with Crippen LogP contribution >= 0.6 is 0 Å². The Bertz CT molecular complexity index is 708. The first-order chi connectivity index (χ1) is 14.1. The quantitative estimate of drug-likeness (QED) is 0.611. The van der Waals surface area contributed by atoms with E-state index in [-0.39, 0.29) is 0 Å². The predicted octanol–water partition coefficient (Wildman–Crippen LogP) is 4.21. The van der Waals surface area contributed by atoms with Gasteiger partial charge in [-0.1, -0.05) is 24.3 Å². The van der Waals surface area contributed by atoms with Gasteiger partial charge >= 0.3 is 0 Å². The van der Waals surface area contributed by atoms with Crippen molar-refractivity contribution in [2.75, 3.05) is 40.4 Å². The minimum absolute atomic E-state index is 0.345. The zero-order chi connectivity index (χ0) is 20.5. The molecule has 3 rings (SSSR count). The molecule has 0 spiro atoms. The Morgan fingerprint density at radius 3 is 1.93 bits per heavy atom. The molecule has 1 aliphatic rings. The molecular weight excluding hydrogens is 360 g/mol. The molecule has 158 valence electrons. The first-order valence-electron chi connectivity index (χ1n) is 11.0. The van der Waals surface area contributed by atoms with E-state index in [4.69, 9.17) is 15.2 Å². The van der Waals surface area contributed by atoms with Gasteiger partial charge in [0.15, 0.2) is 0 Å². The molecule has 2 aromatic rings. The van der Waals surface area contributed by atoms with Crippen molar-refractivity contribution in [2.24, 2.45) is 5.73 Å². The second kappa shape index (κ2) is 10.7. The highest BCUT2D eigenvalue weighted by molar-refractivity contribution is 5.29. The fraction of sp³-hybridized carbons (Fsp3) is 0.520. The summed E-state index contributed by atoms with van der Waals surface area (Å²) < 4.78 is 11.9. The molecule has 4 heteroatoms. The molecule has 4 nitrogen and oxygen atoms in total. The number of quaternary nitrogens is 1. The highest BCUT2D eigenvalue weighted by Gasteiger charge is 2.32. The summed E-state index contributed by atoms with van der Waals surface area (Å²) in [5, 5.41) is 0. The van der Waals surface area contributed by atoms with E-state index < -0.39 is 0 Å². The average Bonchev–Trinajstić information content (AvgIpc) is 2.74. The summed E-state index contributed by atoms with van der Waals surface area (Å²) in [7, 11) is 3.47. The largest absolute Gasteiger partial charge is 0.497 e. The van der Waals surface area contributed by atoms with E-state index in [0.29, 0.717) is 6.04 Å². The van der Waals surface area contributed by atoms with Gasteiger partial charge in [-0.2, -0.15) is 0 Å². The number of benzene rings is 2. The Kier molecular flexibility index (Phi) is 7.96. The number of aryl methyl sites for hydroxylation is 2. The van der Waals surface area contributed by atoms with Gasteiger partial charge in [0.25, 0.3) is 0 Å². The minimum atomic E-state index is 0.345. The third-order valence-electron chi connectivity index (χ3n) is 6.29. The van der Waals surface area contributed by atoms with Crippen LogP contribution in [-0.2, 0) is 12.8 Å². The Balaban J connectivity index is 1.56. The van der Waals surface area contributed by atoms with Crippen LogP contribution in [0.3, 0.4) is 0 Å². The van der Waals surface area contributed by atoms with E-state index in [1.54, 1.807) is 14.2 Å². The zero-order valence-corrected chi connectivity index (χ0v) is 18.1. The van der Waals surface area contributed by atoms with Gasteiger partial charge in [-0.15, -0.1) is 0 Å². The number of methoxy groups -OCH3 is 2. The van der Waals surface area contributed by atoms with Crippen LogP contribution in [0.5, 0.6) is 11.5 Å². The zero-order valence-electron chi connectivity index (χ0n) is 18.1. The van der Waals surface area contributed by atoms with Gasteiger partial charge in [0.05, 0.1) is 46.4 Å². The molecule has 1 heterocycles. The smallest absolute Gasteiger partial charge is 0.119 e. The monoisotopic (exact) mass is 397 g/mol. The van der Waals surface area contributed by atoms with Crippen molar-refractivity contribution in [3.8, 4) is 11.5 Å². The van der Waals surface area contributed by atoms with Crippen molar-refractivity contribution in [3.63, 3.8) is 0 Å². The van der Waals surface area contributed by atoms with E-state index in [2.05, 4.69) is 36.4 Å². The maximum Gasteiger partial charge on any atom is 0.119 e. The van der Waals surface area contributed by atoms with Gasteiger partial charge in [-0.05, 0) is 61.1 Å². The third-order valence-corrected chi connectivity index (χ3v) is 6.29. The fourth-order valence-corrected chi connectivity index (χ4v) is 4.78. The number of likely N-dealkylation sites (tertiary alicyclic amines) is 1. The SMILES string of the molecule is COc1cccc(CCC[N+]2(CCCc3cccc(OC)c3)CCCC(N)C2)c1. The maximum atomic E-state index is 6.40. The lowest BCUT2D eigenvalue weighted by atomic mass is 10.00. The molecule has 0 saturated carbocycles. The van der Waals surface area contributed by atoms with E-state index in [1.165, 1.54) is 60.9 Å². The second-order valence-electron chi connectivity index (χ2n) is 8.51. The van der Waals surface area contributed by atoms with E-state index in [1.807, 2.05) is 12.1 Å². The Hall–Kier alpha value is -2.04. The lowest BCUT2D eigenvalue weighted by Gasteiger charge is -2.44. The first kappa shape index (κ1) is 21.7. The number of rotatable bonds is 10. The van der Waals surface area contributed by atoms with E-state index in [0.717, 1.165) is 30.9 Å². The molecule has 1 fully saturated rings. The normalized spacial score (nSPS) is 18.4. The Morgan fingerprint density at radius 2 is 1.45 bits per heavy atom. The van der Waals surface area contributed by atoms with Gasteiger partial charge in [-0.3, -0.25) is 0 Å². The van der Waals surface area contributed by atoms with Crippen molar-refractivity contribution in [2.45, 2.75) is 44.6 Å². The molecular formula is C25H37N2O2+. The van der Waals surface area contributed by atoms with Crippen LogP contribution in [0, 0.1) is 0 Å². The summed E-state index contributed by atoms with van der Waals surface area (Å²) in [4.78, 5) is 0. The predicted molar refractivity (Wildman–Crippen MR) is 120 cm³/mol. The molecule has 0 radical (unpaired) electrons. The van der Waals surface area contributed by atoms with Crippen LogP contribution in [0.2, 0.25) is 0 Å². The van der Waals surface area contributed by atoms with Gasteiger partial charge in [0.1, 0.15) is 11.5 Å². The van der Waals surface area contributed by atoms with Crippen molar-refractivity contribution in [1.82, 2.24) is 0 Å². The molecule has 1 atom stereocenters. The first-order valence-corrected chi connectivity index (χ1v) is 11.0. The molecule has 2 aromatic carbocycles. The van der Waals surface area contributed by atoms with Crippen molar-refractivity contribution >= 4 is 0 Å². The molecule has 29 heavy (non-hydrogen) atoms. The summed E-state index contributed by atoms with van der Waals surface area (Å²) in [5.41, 5.74) is 9.13. The highest BCUT2D eigenvalue weighted by Crippen LogP contribution is 2.23. The maximum absolute atomic E-state index is 6.40. The highest BCUT2D eigenvalue weighted by atomic mass is 16.5. The van der Waals surface area contributed by atoms with Crippen LogP contribution < -0.4 is 15.2 Å². The summed E-state index contributed by atoms with van der Waals surface area (Å²) in [5.74, 6) is 1.90. The number of ether oxygens (including phenoxy) is 2. The summed E-state index contributed by atoms with van der Waals surface area (Å²) in [6.07, 6.45) is 7.01. The summed E-state index contributed by atoms with van der Waals surface area (Å²) in [6, 6.07) is 17.3. The van der Waals surface area contributed by atoms with Crippen molar-refractivity contribution in [1.29, 1.82) is 0 Å². The van der Waals surface area contributed by atoms with Gasteiger partial charge in [-0.25, -0.2) is 0 Å². The van der Waals surface area contributed by atoms with Crippen molar-refractivity contribution in [3.05, 3.63) is 59.7 Å². The van der Waals surface area contributed by atoms with Crippen LogP contribution in [0.15, 0.2) is 48.5 Å².